The fourth-order valence-electron chi connectivity index (χ4n) is 4.30. The number of aromatic nitrogens is 3. The predicted molar refractivity (Wildman–Crippen MR) is 143 cm³/mol. The molecule has 0 saturated carbocycles. The molecule has 0 spiro atoms. The van der Waals surface area contributed by atoms with Crippen molar-refractivity contribution in [1.29, 1.82) is 0 Å². The average molecular weight is 527 g/mol. The summed E-state index contributed by atoms with van der Waals surface area (Å²) >= 11 is 0. The standard InChI is InChI=1S/C30H30N4O5/c1-21(38-29-7-2-3-16-36-29)30-32-14-15-34(30)19-25-18-27(39-33-25)24-12-10-22(11-13-24)8-9-23-5-4-6-26(17-23)37-20-28(31)35/h4-6,10-15,17-18,21,29H,2-3,7,16,19-20H2,1H3,(H2,31,35). The summed E-state index contributed by atoms with van der Waals surface area (Å²) in [5, 5.41) is 4.26. The maximum absolute atomic E-state index is 10.9. The lowest BCUT2D eigenvalue weighted by Gasteiger charge is -2.26. The quantitative estimate of drug-likeness (QED) is 0.320. The molecule has 5 rings (SSSR count). The molecule has 2 aromatic carbocycles. The van der Waals surface area contributed by atoms with Crippen LogP contribution in [0.15, 0.2) is 71.5 Å². The Morgan fingerprint density at radius 2 is 2.00 bits per heavy atom. The molecule has 0 radical (unpaired) electrons. The van der Waals surface area contributed by atoms with Crippen molar-refractivity contribution < 1.29 is 23.5 Å². The third kappa shape index (κ3) is 7.13. The number of primary amides is 1. The number of amides is 1. The van der Waals surface area contributed by atoms with E-state index in [2.05, 4.69) is 22.0 Å². The zero-order chi connectivity index (χ0) is 27.0. The summed E-state index contributed by atoms with van der Waals surface area (Å²) in [6.07, 6.45) is 6.40. The normalized spacial score (nSPS) is 15.8. The van der Waals surface area contributed by atoms with Gasteiger partial charge in [0.25, 0.3) is 5.91 Å². The number of imidazole rings is 1. The van der Waals surface area contributed by atoms with Crippen LogP contribution in [0.4, 0.5) is 0 Å². The molecule has 39 heavy (non-hydrogen) atoms. The van der Waals surface area contributed by atoms with Gasteiger partial charge in [0.1, 0.15) is 23.4 Å². The number of hydrogen-bond acceptors (Lipinski definition) is 7. The molecule has 0 bridgehead atoms. The molecule has 1 saturated heterocycles. The van der Waals surface area contributed by atoms with Crippen LogP contribution < -0.4 is 10.5 Å². The van der Waals surface area contributed by atoms with Crippen LogP contribution in [0, 0.1) is 11.8 Å². The molecule has 2 unspecified atom stereocenters. The van der Waals surface area contributed by atoms with Crippen LogP contribution >= 0.6 is 0 Å². The Labute approximate surface area is 226 Å². The third-order valence-corrected chi connectivity index (χ3v) is 6.23. The van der Waals surface area contributed by atoms with Crippen molar-refractivity contribution in [2.75, 3.05) is 13.2 Å². The minimum absolute atomic E-state index is 0.172. The second-order valence-corrected chi connectivity index (χ2v) is 9.28. The minimum Gasteiger partial charge on any atom is -0.484 e. The van der Waals surface area contributed by atoms with Gasteiger partial charge in [-0.15, -0.1) is 0 Å². The Hall–Kier alpha value is -4.39. The summed E-state index contributed by atoms with van der Waals surface area (Å²) in [5.41, 5.74) is 8.43. The van der Waals surface area contributed by atoms with Crippen molar-refractivity contribution in [2.24, 2.45) is 5.73 Å². The van der Waals surface area contributed by atoms with Crippen molar-refractivity contribution in [3.63, 3.8) is 0 Å². The van der Waals surface area contributed by atoms with Crippen molar-refractivity contribution in [3.8, 4) is 28.9 Å². The van der Waals surface area contributed by atoms with Crippen LogP contribution in [-0.4, -0.2) is 40.1 Å². The van der Waals surface area contributed by atoms with Crippen molar-refractivity contribution >= 4 is 5.91 Å². The molecule has 9 heteroatoms. The van der Waals surface area contributed by atoms with Crippen molar-refractivity contribution in [3.05, 3.63) is 89.6 Å². The molecular weight excluding hydrogens is 496 g/mol. The van der Waals surface area contributed by atoms with Gasteiger partial charge in [0.15, 0.2) is 18.7 Å². The van der Waals surface area contributed by atoms with E-state index in [0.29, 0.717) is 18.1 Å². The van der Waals surface area contributed by atoms with Gasteiger partial charge >= 0.3 is 0 Å². The Morgan fingerprint density at radius 1 is 1.15 bits per heavy atom. The molecule has 1 fully saturated rings. The van der Waals surface area contributed by atoms with Crippen LogP contribution in [0.3, 0.4) is 0 Å². The highest BCUT2D eigenvalue weighted by atomic mass is 16.7. The summed E-state index contributed by atoms with van der Waals surface area (Å²) in [7, 11) is 0. The van der Waals surface area contributed by atoms with Crippen LogP contribution in [0.5, 0.6) is 5.75 Å². The lowest BCUT2D eigenvalue weighted by Crippen LogP contribution is -2.24. The maximum atomic E-state index is 10.9. The van der Waals surface area contributed by atoms with Crippen molar-refractivity contribution in [2.45, 2.75) is 45.1 Å². The fraction of sp³-hybridized carbons (Fsp3) is 0.300. The SMILES string of the molecule is CC(OC1CCCCO1)c1nccn1Cc1cc(-c2ccc(C#Cc3cccc(OCC(N)=O)c3)cc2)on1. The van der Waals surface area contributed by atoms with E-state index in [9.17, 15) is 4.79 Å². The number of nitrogens with two attached hydrogens (primary N) is 1. The third-order valence-electron chi connectivity index (χ3n) is 6.23. The van der Waals surface area contributed by atoms with Gasteiger partial charge in [-0.05, 0) is 68.7 Å². The van der Waals surface area contributed by atoms with E-state index in [1.807, 2.05) is 60.2 Å². The van der Waals surface area contributed by atoms with Crippen molar-refractivity contribution in [1.82, 2.24) is 14.7 Å². The van der Waals surface area contributed by atoms with Crippen LogP contribution in [0.25, 0.3) is 11.3 Å². The molecule has 4 aromatic rings. The van der Waals surface area contributed by atoms with Gasteiger partial charge in [-0.2, -0.15) is 0 Å². The Kier molecular flexibility index (Phi) is 8.36. The average Bonchev–Trinajstić information content (AvgIpc) is 3.62. The summed E-state index contributed by atoms with van der Waals surface area (Å²) in [6.45, 7) is 3.08. The van der Waals surface area contributed by atoms with E-state index >= 15 is 0 Å². The molecule has 0 aliphatic carbocycles. The molecule has 1 amide bonds. The first-order valence-corrected chi connectivity index (χ1v) is 12.9. The Morgan fingerprint density at radius 3 is 2.79 bits per heavy atom. The number of carbonyl (C=O) groups is 1. The van der Waals surface area contributed by atoms with Gasteiger partial charge in [-0.25, -0.2) is 4.98 Å². The highest BCUT2D eigenvalue weighted by Crippen LogP contribution is 2.25. The fourth-order valence-corrected chi connectivity index (χ4v) is 4.30. The topological polar surface area (TPSA) is 115 Å². The summed E-state index contributed by atoms with van der Waals surface area (Å²) < 4.78 is 24.8. The second kappa shape index (κ2) is 12.4. The van der Waals surface area contributed by atoms with Gasteiger partial charge in [0, 0.05) is 41.8 Å². The van der Waals surface area contributed by atoms with E-state index < -0.39 is 5.91 Å². The largest absolute Gasteiger partial charge is 0.484 e. The van der Waals surface area contributed by atoms with E-state index in [4.69, 9.17) is 24.5 Å². The Balaban J connectivity index is 1.21. The Bertz CT molecular complexity index is 1460. The van der Waals surface area contributed by atoms with Gasteiger partial charge < -0.3 is 29.0 Å². The van der Waals surface area contributed by atoms with Gasteiger partial charge in [0.2, 0.25) is 0 Å². The number of nitrogens with zero attached hydrogens (tertiary/aromatic N) is 3. The summed E-state index contributed by atoms with van der Waals surface area (Å²) in [6, 6.07) is 16.9. The lowest BCUT2D eigenvalue weighted by atomic mass is 10.1. The van der Waals surface area contributed by atoms with E-state index in [1.165, 1.54) is 0 Å². The van der Waals surface area contributed by atoms with Crippen LogP contribution in [-0.2, 0) is 20.8 Å². The molecule has 9 nitrogen and oxygen atoms in total. The zero-order valence-corrected chi connectivity index (χ0v) is 21.7. The molecule has 3 heterocycles. The molecule has 1 aliphatic rings. The van der Waals surface area contributed by atoms with E-state index in [0.717, 1.165) is 54.1 Å². The second-order valence-electron chi connectivity index (χ2n) is 9.28. The molecular formula is C30H30N4O5. The van der Waals surface area contributed by atoms with Crippen LogP contribution in [0.2, 0.25) is 0 Å². The maximum Gasteiger partial charge on any atom is 0.255 e. The number of hydrogen-bond donors (Lipinski definition) is 1. The number of rotatable bonds is 9. The lowest BCUT2D eigenvalue weighted by molar-refractivity contribution is -0.188. The molecule has 200 valence electrons. The monoisotopic (exact) mass is 526 g/mol. The van der Waals surface area contributed by atoms with Gasteiger partial charge in [-0.3, -0.25) is 4.79 Å². The molecule has 2 atom stereocenters. The first kappa shape index (κ1) is 26.2. The zero-order valence-electron chi connectivity index (χ0n) is 21.7. The molecule has 2 aromatic heterocycles. The van der Waals surface area contributed by atoms with Crippen LogP contribution in [0.1, 0.15) is 54.9 Å². The first-order valence-electron chi connectivity index (χ1n) is 12.9. The molecule has 2 N–H and O–H groups in total. The van der Waals surface area contributed by atoms with E-state index in [-0.39, 0.29) is 19.0 Å². The summed E-state index contributed by atoms with van der Waals surface area (Å²) in [5.74, 6) is 7.75. The van der Waals surface area contributed by atoms with Gasteiger partial charge in [0.05, 0.1) is 6.54 Å². The highest BCUT2D eigenvalue weighted by Gasteiger charge is 2.21. The van der Waals surface area contributed by atoms with Gasteiger partial charge in [-0.1, -0.05) is 23.1 Å². The highest BCUT2D eigenvalue weighted by molar-refractivity contribution is 5.75. The minimum atomic E-state index is -0.526. The number of benzene rings is 2. The number of carbonyl (C=O) groups excluding carboxylic acids is 1. The smallest absolute Gasteiger partial charge is 0.255 e. The summed E-state index contributed by atoms with van der Waals surface area (Å²) in [4.78, 5) is 15.4. The van der Waals surface area contributed by atoms with E-state index in [1.54, 1.807) is 18.3 Å². The predicted octanol–water partition coefficient (Wildman–Crippen LogP) is 4.45. The molecule has 1 aliphatic heterocycles. The first-order chi connectivity index (χ1) is 19.0. The number of ether oxygens (including phenoxy) is 3.